The molecular weight excluding hydrogens is 254 g/mol. The number of aliphatic hydroxyl groups excluding tert-OH is 1. The molecule has 4 nitrogen and oxygen atoms in total. The summed E-state index contributed by atoms with van der Waals surface area (Å²) in [6.07, 6.45) is 6.37. The highest BCUT2D eigenvalue weighted by atomic mass is 16.5. The predicted molar refractivity (Wildman–Crippen MR) is 78.0 cm³/mol. The minimum atomic E-state index is -0.0803. The summed E-state index contributed by atoms with van der Waals surface area (Å²) in [5, 5.41) is 8.84. The van der Waals surface area contributed by atoms with Gasteiger partial charge in [0, 0.05) is 19.2 Å². The fourth-order valence-electron chi connectivity index (χ4n) is 2.52. The summed E-state index contributed by atoms with van der Waals surface area (Å²) in [5.74, 6) is 0.751. The fraction of sp³-hybridized carbons (Fsp3) is 0.562. The molecular formula is C16H23NO3. The zero-order valence-corrected chi connectivity index (χ0v) is 12.0. The van der Waals surface area contributed by atoms with Gasteiger partial charge in [0.15, 0.2) is 0 Å². The zero-order chi connectivity index (χ0) is 14.4. The molecule has 1 aliphatic carbocycles. The summed E-state index contributed by atoms with van der Waals surface area (Å²) >= 11 is 0. The van der Waals surface area contributed by atoms with E-state index in [-0.39, 0.29) is 12.5 Å². The molecule has 1 aliphatic rings. The van der Waals surface area contributed by atoms with Crippen LogP contribution < -0.4 is 4.74 Å². The van der Waals surface area contributed by atoms with Crippen LogP contribution in [0.3, 0.4) is 0 Å². The molecule has 1 aromatic rings. The van der Waals surface area contributed by atoms with Crippen molar-refractivity contribution in [3.8, 4) is 5.75 Å². The van der Waals surface area contributed by atoms with Crippen molar-refractivity contribution in [2.24, 2.45) is 0 Å². The van der Waals surface area contributed by atoms with Crippen molar-refractivity contribution in [2.75, 3.05) is 20.2 Å². The van der Waals surface area contributed by atoms with E-state index in [1.165, 1.54) is 24.2 Å². The van der Waals surface area contributed by atoms with Gasteiger partial charge in [-0.2, -0.15) is 0 Å². The van der Waals surface area contributed by atoms with Gasteiger partial charge in [-0.1, -0.05) is 6.42 Å². The summed E-state index contributed by atoms with van der Waals surface area (Å²) in [4.78, 5) is 13.5. The van der Waals surface area contributed by atoms with E-state index in [0.29, 0.717) is 18.2 Å². The molecule has 0 saturated heterocycles. The van der Waals surface area contributed by atoms with Gasteiger partial charge in [-0.05, 0) is 49.9 Å². The lowest BCUT2D eigenvalue weighted by Crippen LogP contribution is -2.29. The molecule has 20 heavy (non-hydrogen) atoms. The molecule has 0 bridgehead atoms. The second-order valence-corrected chi connectivity index (χ2v) is 5.35. The highest BCUT2D eigenvalue weighted by molar-refractivity contribution is 5.94. The Bertz CT molecular complexity index is 424. The number of nitrogens with zero attached hydrogens (tertiary/aromatic N) is 1. The third-order valence-electron chi connectivity index (χ3n) is 3.74. The molecule has 0 unspecified atom stereocenters. The number of carbonyl (C=O) groups is 1. The second-order valence-electron chi connectivity index (χ2n) is 5.35. The van der Waals surface area contributed by atoms with E-state index in [2.05, 4.69) is 0 Å². The van der Waals surface area contributed by atoms with Gasteiger partial charge in [0.1, 0.15) is 5.75 Å². The molecule has 0 radical (unpaired) electrons. The number of ether oxygens (including phenoxy) is 1. The van der Waals surface area contributed by atoms with Gasteiger partial charge in [-0.15, -0.1) is 0 Å². The molecule has 1 saturated carbocycles. The molecule has 0 heterocycles. The van der Waals surface area contributed by atoms with Crippen LogP contribution in [0, 0.1) is 0 Å². The Kier molecular flexibility index (Phi) is 5.41. The average Bonchev–Trinajstić information content (AvgIpc) is 2.48. The van der Waals surface area contributed by atoms with Crippen LogP contribution in [0.25, 0.3) is 0 Å². The lowest BCUT2D eigenvalue weighted by molar-refractivity contribution is 0.0767. The summed E-state index contributed by atoms with van der Waals surface area (Å²) in [7, 11) is 1.69. The number of likely N-dealkylation sites (N-methyl/N-ethyl adjacent to an activating group) is 1. The molecule has 1 amide bonds. The number of aliphatic hydroxyl groups is 1. The lowest BCUT2D eigenvalue weighted by atomic mass is 9.98. The van der Waals surface area contributed by atoms with Gasteiger partial charge >= 0.3 is 0 Å². The van der Waals surface area contributed by atoms with Gasteiger partial charge in [0.05, 0.1) is 12.7 Å². The predicted octanol–water partition coefficient (Wildman–Crippen LogP) is 2.46. The largest absolute Gasteiger partial charge is 0.490 e. The van der Waals surface area contributed by atoms with E-state index in [9.17, 15) is 4.79 Å². The van der Waals surface area contributed by atoms with Crippen LogP contribution in [-0.2, 0) is 0 Å². The van der Waals surface area contributed by atoms with Crippen LogP contribution in [0.15, 0.2) is 24.3 Å². The summed E-state index contributed by atoms with van der Waals surface area (Å²) in [6.45, 7) is 0.324. The smallest absolute Gasteiger partial charge is 0.253 e. The average molecular weight is 277 g/mol. The van der Waals surface area contributed by atoms with E-state index in [1.54, 1.807) is 19.2 Å². The van der Waals surface area contributed by atoms with Crippen LogP contribution >= 0.6 is 0 Å². The highest BCUT2D eigenvalue weighted by Crippen LogP contribution is 2.23. The fourth-order valence-corrected chi connectivity index (χ4v) is 2.52. The molecule has 1 aromatic carbocycles. The van der Waals surface area contributed by atoms with Crippen molar-refractivity contribution in [3.63, 3.8) is 0 Å². The van der Waals surface area contributed by atoms with E-state index in [0.717, 1.165) is 18.6 Å². The van der Waals surface area contributed by atoms with Crippen molar-refractivity contribution in [3.05, 3.63) is 29.8 Å². The Labute approximate surface area is 120 Å². The molecule has 0 aromatic heterocycles. The van der Waals surface area contributed by atoms with Gasteiger partial charge in [0.25, 0.3) is 5.91 Å². The van der Waals surface area contributed by atoms with Crippen LogP contribution in [-0.4, -0.2) is 42.2 Å². The van der Waals surface area contributed by atoms with Crippen LogP contribution in [0.2, 0.25) is 0 Å². The monoisotopic (exact) mass is 277 g/mol. The Balaban J connectivity index is 1.93. The standard InChI is InChI=1S/C16H23NO3/c1-17(11-12-18)16(19)13-7-9-15(10-8-13)20-14-5-3-2-4-6-14/h7-10,14,18H,2-6,11-12H2,1H3. The first-order valence-corrected chi connectivity index (χ1v) is 7.34. The Morgan fingerprint density at radius 1 is 1.25 bits per heavy atom. The van der Waals surface area contributed by atoms with Crippen molar-refractivity contribution < 1.29 is 14.6 Å². The van der Waals surface area contributed by atoms with E-state index in [1.807, 2.05) is 12.1 Å². The second kappa shape index (κ2) is 7.29. The Hall–Kier alpha value is -1.55. The molecule has 1 N–H and O–H groups in total. The number of carbonyl (C=O) groups excluding carboxylic acids is 1. The third-order valence-corrected chi connectivity index (χ3v) is 3.74. The van der Waals surface area contributed by atoms with Gasteiger partial charge in [0.2, 0.25) is 0 Å². The molecule has 2 rings (SSSR count). The van der Waals surface area contributed by atoms with E-state index < -0.39 is 0 Å². The first kappa shape index (κ1) is 14.9. The van der Waals surface area contributed by atoms with Crippen molar-refractivity contribution in [1.29, 1.82) is 0 Å². The summed E-state index contributed by atoms with van der Waals surface area (Å²) in [5.41, 5.74) is 0.622. The van der Waals surface area contributed by atoms with Crippen LogP contribution in [0.4, 0.5) is 0 Å². The van der Waals surface area contributed by atoms with Crippen molar-refractivity contribution in [2.45, 2.75) is 38.2 Å². The maximum Gasteiger partial charge on any atom is 0.253 e. The SMILES string of the molecule is CN(CCO)C(=O)c1ccc(OC2CCCCC2)cc1. The van der Waals surface area contributed by atoms with Crippen LogP contribution in [0.1, 0.15) is 42.5 Å². The zero-order valence-electron chi connectivity index (χ0n) is 12.0. The molecule has 110 valence electrons. The van der Waals surface area contributed by atoms with Crippen molar-refractivity contribution in [1.82, 2.24) is 4.90 Å². The number of amides is 1. The number of hydrogen-bond acceptors (Lipinski definition) is 3. The Morgan fingerprint density at radius 3 is 2.50 bits per heavy atom. The molecule has 1 fully saturated rings. The number of hydrogen-bond donors (Lipinski definition) is 1. The quantitative estimate of drug-likeness (QED) is 0.899. The van der Waals surface area contributed by atoms with Gasteiger partial charge in [-0.25, -0.2) is 0 Å². The molecule has 0 aliphatic heterocycles. The normalized spacial score (nSPS) is 15.9. The van der Waals surface area contributed by atoms with E-state index >= 15 is 0 Å². The molecule has 0 atom stereocenters. The first-order chi connectivity index (χ1) is 9.70. The topological polar surface area (TPSA) is 49.8 Å². The number of rotatable bonds is 5. The van der Waals surface area contributed by atoms with Gasteiger partial charge < -0.3 is 14.7 Å². The van der Waals surface area contributed by atoms with E-state index in [4.69, 9.17) is 9.84 Å². The highest BCUT2D eigenvalue weighted by Gasteiger charge is 2.15. The Morgan fingerprint density at radius 2 is 1.90 bits per heavy atom. The third kappa shape index (κ3) is 3.97. The van der Waals surface area contributed by atoms with Gasteiger partial charge in [-0.3, -0.25) is 4.79 Å². The summed E-state index contributed by atoms with van der Waals surface area (Å²) in [6, 6.07) is 7.28. The van der Waals surface area contributed by atoms with Crippen LogP contribution in [0.5, 0.6) is 5.75 Å². The maximum atomic E-state index is 12.0. The number of benzene rings is 1. The molecule has 4 heteroatoms. The summed E-state index contributed by atoms with van der Waals surface area (Å²) < 4.78 is 5.93. The molecule has 0 spiro atoms. The maximum absolute atomic E-state index is 12.0. The lowest BCUT2D eigenvalue weighted by Gasteiger charge is -2.23. The minimum Gasteiger partial charge on any atom is -0.490 e. The van der Waals surface area contributed by atoms with Crippen molar-refractivity contribution >= 4 is 5.91 Å². The first-order valence-electron chi connectivity index (χ1n) is 7.34. The minimum absolute atomic E-state index is 0.0227.